The second-order valence-corrected chi connectivity index (χ2v) is 8.74. The second-order valence-electron chi connectivity index (χ2n) is 6.82. The Morgan fingerprint density at radius 3 is 2.76 bits per heavy atom. The highest BCUT2D eigenvalue weighted by Gasteiger charge is 2.31. The van der Waals surface area contributed by atoms with Gasteiger partial charge in [-0.25, -0.2) is 4.98 Å². The molecule has 1 aliphatic heterocycles. The Morgan fingerprint density at radius 2 is 2.08 bits per heavy atom. The zero-order valence-electron chi connectivity index (χ0n) is 14.3. The Balaban J connectivity index is 1.81. The highest BCUT2D eigenvalue weighted by atomic mass is 79.9. The zero-order chi connectivity index (χ0) is 17.6. The number of halogens is 1. The molecule has 1 aliphatic rings. The van der Waals surface area contributed by atoms with E-state index in [0.717, 1.165) is 33.3 Å². The van der Waals surface area contributed by atoms with Gasteiger partial charge < -0.3 is 5.11 Å². The molecule has 0 unspecified atom stereocenters. The molecule has 25 heavy (non-hydrogen) atoms. The molecule has 1 saturated heterocycles. The van der Waals surface area contributed by atoms with Gasteiger partial charge in [-0.2, -0.15) is 4.52 Å². The van der Waals surface area contributed by atoms with Crippen LogP contribution in [-0.2, 0) is 0 Å². The first kappa shape index (κ1) is 17.0. The van der Waals surface area contributed by atoms with Crippen LogP contribution < -0.4 is 0 Å². The van der Waals surface area contributed by atoms with Crippen molar-refractivity contribution in [1.82, 2.24) is 19.5 Å². The molecule has 3 aromatic rings. The maximum absolute atomic E-state index is 10.8. The maximum atomic E-state index is 10.8. The lowest BCUT2D eigenvalue weighted by Gasteiger charge is -2.36. The van der Waals surface area contributed by atoms with Gasteiger partial charge in [-0.3, -0.25) is 4.90 Å². The average Bonchev–Trinajstić information content (AvgIpc) is 3.08. The van der Waals surface area contributed by atoms with Crippen molar-refractivity contribution >= 4 is 32.2 Å². The third-order valence-corrected chi connectivity index (χ3v) is 6.47. The van der Waals surface area contributed by atoms with E-state index in [1.165, 1.54) is 29.7 Å². The Labute approximate surface area is 159 Å². The fourth-order valence-electron chi connectivity index (χ4n) is 3.52. The fraction of sp³-hybridized carbons (Fsp3) is 0.444. The number of fused-ring (bicyclic) bond motifs is 1. The summed E-state index contributed by atoms with van der Waals surface area (Å²) in [5.74, 6) is 1.65. The van der Waals surface area contributed by atoms with E-state index < -0.39 is 0 Å². The van der Waals surface area contributed by atoms with E-state index in [1.807, 2.05) is 13.0 Å². The number of aromatic nitrogens is 3. The van der Waals surface area contributed by atoms with E-state index in [2.05, 4.69) is 56.0 Å². The van der Waals surface area contributed by atoms with Gasteiger partial charge in [-0.1, -0.05) is 46.3 Å². The molecule has 0 bridgehead atoms. The summed E-state index contributed by atoms with van der Waals surface area (Å²) in [7, 11) is 0. The first-order valence-electron chi connectivity index (χ1n) is 8.57. The molecule has 1 atom stereocenters. The van der Waals surface area contributed by atoms with E-state index in [1.54, 1.807) is 4.52 Å². The smallest absolute Gasteiger partial charge is 0.230 e. The summed E-state index contributed by atoms with van der Waals surface area (Å²) in [6, 6.07) is 8.39. The van der Waals surface area contributed by atoms with Crippen molar-refractivity contribution in [3.8, 4) is 5.88 Å². The van der Waals surface area contributed by atoms with Crippen molar-refractivity contribution in [1.29, 1.82) is 0 Å². The van der Waals surface area contributed by atoms with E-state index in [4.69, 9.17) is 0 Å². The fourth-order valence-corrected chi connectivity index (χ4v) is 5.10. The molecule has 0 spiro atoms. The van der Waals surface area contributed by atoms with Crippen LogP contribution in [0.5, 0.6) is 5.88 Å². The number of likely N-dealkylation sites (tertiary alicyclic amines) is 1. The minimum atomic E-state index is 0.0267. The Kier molecular flexibility index (Phi) is 4.56. The lowest BCUT2D eigenvalue weighted by atomic mass is 9.95. The Hall–Kier alpha value is -1.44. The number of rotatable bonds is 3. The topological polar surface area (TPSA) is 53.7 Å². The first-order chi connectivity index (χ1) is 12.0. The number of aryl methyl sites for hydroxylation is 1. The van der Waals surface area contributed by atoms with Gasteiger partial charge in [0.15, 0.2) is 0 Å². The molecule has 1 aromatic carbocycles. The predicted octanol–water partition coefficient (Wildman–Crippen LogP) is 4.39. The summed E-state index contributed by atoms with van der Waals surface area (Å²) in [6.07, 6.45) is 2.37. The quantitative estimate of drug-likeness (QED) is 0.682. The van der Waals surface area contributed by atoms with E-state index in [9.17, 15) is 5.11 Å². The van der Waals surface area contributed by atoms with Gasteiger partial charge in [0.1, 0.15) is 5.82 Å². The number of hydrogen-bond donors (Lipinski definition) is 1. The predicted molar refractivity (Wildman–Crippen MR) is 103 cm³/mol. The third kappa shape index (κ3) is 3.20. The summed E-state index contributed by atoms with van der Waals surface area (Å²) in [5.41, 5.74) is 1.18. The molecular weight excluding hydrogens is 400 g/mol. The van der Waals surface area contributed by atoms with Gasteiger partial charge in [0.2, 0.25) is 10.8 Å². The molecule has 1 fully saturated rings. The Morgan fingerprint density at radius 1 is 1.32 bits per heavy atom. The molecule has 1 N–H and O–H groups in total. The minimum absolute atomic E-state index is 0.0267. The normalized spacial score (nSPS) is 18.0. The number of benzene rings is 1. The van der Waals surface area contributed by atoms with Crippen LogP contribution in [0.1, 0.15) is 42.1 Å². The number of aromatic hydroxyl groups is 1. The van der Waals surface area contributed by atoms with Crippen LogP contribution in [0.25, 0.3) is 4.96 Å². The van der Waals surface area contributed by atoms with E-state index >= 15 is 0 Å². The SMILES string of the molecule is Cc1nc2sc([C@H](c3cccc(Br)c3)N3CCC(C)CC3)c(O)n2n1. The first-order valence-corrected chi connectivity index (χ1v) is 10.2. The van der Waals surface area contributed by atoms with Gasteiger partial charge >= 0.3 is 0 Å². The second kappa shape index (κ2) is 6.70. The standard InChI is InChI=1S/C18H21BrN4OS/c1-11-6-8-22(9-7-11)15(13-4-3-5-14(19)10-13)16-17(24)23-18(25-16)20-12(2)21-23/h3-5,10-11,15,24H,6-9H2,1-2H3/t15-/m0/s1. The van der Waals surface area contributed by atoms with Crippen molar-refractivity contribution in [3.63, 3.8) is 0 Å². The molecule has 7 heteroatoms. The summed E-state index contributed by atoms with van der Waals surface area (Å²) >= 11 is 5.11. The van der Waals surface area contributed by atoms with Crippen molar-refractivity contribution in [2.24, 2.45) is 5.92 Å². The summed E-state index contributed by atoms with van der Waals surface area (Å²) in [5, 5.41) is 15.1. The maximum Gasteiger partial charge on any atom is 0.230 e. The molecule has 0 aliphatic carbocycles. The molecule has 5 nitrogen and oxygen atoms in total. The highest BCUT2D eigenvalue weighted by molar-refractivity contribution is 9.10. The van der Waals surface area contributed by atoms with Crippen LogP contribution in [0.3, 0.4) is 0 Å². The molecule has 0 saturated carbocycles. The molecule has 2 aromatic heterocycles. The molecular formula is C18H21BrN4OS. The van der Waals surface area contributed by atoms with Crippen molar-refractivity contribution in [2.75, 3.05) is 13.1 Å². The molecule has 132 valence electrons. The van der Waals surface area contributed by atoms with Crippen LogP contribution in [-0.4, -0.2) is 37.7 Å². The lowest BCUT2D eigenvalue weighted by Crippen LogP contribution is -2.36. The van der Waals surface area contributed by atoms with Crippen LogP contribution in [0.4, 0.5) is 0 Å². The van der Waals surface area contributed by atoms with Crippen LogP contribution in [0.15, 0.2) is 28.7 Å². The monoisotopic (exact) mass is 420 g/mol. The van der Waals surface area contributed by atoms with Crippen LogP contribution in [0, 0.1) is 12.8 Å². The molecule has 4 rings (SSSR count). The highest BCUT2D eigenvalue weighted by Crippen LogP contribution is 2.41. The van der Waals surface area contributed by atoms with Gasteiger partial charge in [0, 0.05) is 4.47 Å². The van der Waals surface area contributed by atoms with Crippen LogP contribution in [0.2, 0.25) is 0 Å². The largest absolute Gasteiger partial charge is 0.492 e. The van der Waals surface area contributed by atoms with Crippen molar-refractivity contribution < 1.29 is 5.11 Å². The number of thiazole rings is 1. The van der Waals surface area contributed by atoms with Gasteiger partial charge in [0.05, 0.1) is 10.9 Å². The third-order valence-electron chi connectivity index (χ3n) is 4.90. The number of hydrogen-bond acceptors (Lipinski definition) is 5. The Bertz CT molecular complexity index is 898. The van der Waals surface area contributed by atoms with Gasteiger partial charge in [-0.05, 0) is 56.5 Å². The molecule has 0 radical (unpaired) electrons. The van der Waals surface area contributed by atoms with Gasteiger partial charge in [0.25, 0.3) is 0 Å². The van der Waals surface area contributed by atoms with Crippen molar-refractivity contribution in [2.45, 2.75) is 32.7 Å². The summed E-state index contributed by atoms with van der Waals surface area (Å²) in [6.45, 7) is 6.22. The van der Waals surface area contributed by atoms with E-state index in [-0.39, 0.29) is 11.9 Å². The van der Waals surface area contributed by atoms with Crippen molar-refractivity contribution in [3.05, 3.63) is 45.0 Å². The summed E-state index contributed by atoms with van der Waals surface area (Å²) < 4.78 is 2.61. The number of nitrogens with zero attached hydrogens (tertiary/aromatic N) is 4. The average molecular weight is 421 g/mol. The summed E-state index contributed by atoms with van der Waals surface area (Å²) in [4.78, 5) is 8.56. The number of piperidine rings is 1. The minimum Gasteiger partial charge on any atom is -0.492 e. The molecule has 3 heterocycles. The molecule has 0 amide bonds. The van der Waals surface area contributed by atoms with E-state index in [0.29, 0.717) is 5.82 Å². The lowest BCUT2D eigenvalue weighted by molar-refractivity contribution is 0.157. The van der Waals surface area contributed by atoms with Gasteiger partial charge in [-0.15, -0.1) is 5.10 Å². The zero-order valence-corrected chi connectivity index (χ0v) is 16.7. The van der Waals surface area contributed by atoms with Crippen LogP contribution >= 0.6 is 27.3 Å².